The number of carbonyl (C=O) groups excluding carboxylic acids is 1. The Balaban J connectivity index is 1.57. The van der Waals surface area contributed by atoms with Gasteiger partial charge in [-0.15, -0.1) is 11.3 Å². The van der Waals surface area contributed by atoms with E-state index in [1.54, 1.807) is 34.2 Å². The van der Waals surface area contributed by atoms with Crippen LogP contribution in [-0.2, 0) is 4.74 Å². The first-order valence-corrected chi connectivity index (χ1v) is 12.9. The molecule has 1 amide bonds. The lowest BCUT2D eigenvalue weighted by atomic mass is 9.92. The quantitative estimate of drug-likeness (QED) is 0.439. The first kappa shape index (κ1) is 22.1. The lowest BCUT2D eigenvalue weighted by molar-refractivity contribution is -0.0196. The molecule has 9 heteroatoms. The number of nitrogens with zero attached hydrogens (tertiary/aromatic N) is 3. The van der Waals surface area contributed by atoms with Crippen molar-refractivity contribution in [2.75, 3.05) is 31.9 Å². The van der Waals surface area contributed by atoms with Gasteiger partial charge in [0, 0.05) is 29.2 Å². The fraction of sp³-hybridized carbons (Fsp3) is 0.214. The molecule has 2 aromatic heterocycles. The second-order valence-corrected chi connectivity index (χ2v) is 10.2. The van der Waals surface area contributed by atoms with Crippen molar-refractivity contribution in [3.8, 4) is 33.1 Å². The van der Waals surface area contributed by atoms with Crippen LogP contribution in [-0.4, -0.2) is 53.6 Å². The van der Waals surface area contributed by atoms with E-state index < -0.39 is 17.3 Å². The van der Waals surface area contributed by atoms with Gasteiger partial charge in [0.15, 0.2) is 11.4 Å². The van der Waals surface area contributed by atoms with Gasteiger partial charge >= 0.3 is 0 Å². The third-order valence-electron chi connectivity index (χ3n) is 7.45. The maximum absolute atomic E-state index is 13.5. The number of hydrogen-bond donors (Lipinski definition) is 1. The number of rotatable bonds is 2. The zero-order valence-electron chi connectivity index (χ0n) is 20.0. The number of aromatic nitrogens is 1. The molecule has 0 unspecified atom stereocenters. The van der Waals surface area contributed by atoms with Crippen molar-refractivity contribution >= 4 is 17.2 Å². The van der Waals surface area contributed by atoms with Crippen LogP contribution in [0.3, 0.4) is 0 Å². The molecule has 4 aromatic rings. The van der Waals surface area contributed by atoms with Crippen LogP contribution in [0.5, 0.6) is 11.5 Å². The monoisotopic (exact) mass is 513 g/mol. The van der Waals surface area contributed by atoms with E-state index >= 15 is 0 Å². The average molecular weight is 514 g/mol. The topological polar surface area (TPSA) is 84.2 Å². The van der Waals surface area contributed by atoms with Crippen LogP contribution in [0.2, 0.25) is 0 Å². The molecule has 0 bridgehead atoms. The van der Waals surface area contributed by atoms with Gasteiger partial charge in [-0.1, -0.05) is 30.3 Å². The number of morpholine rings is 1. The minimum atomic E-state index is -0.583. The summed E-state index contributed by atoms with van der Waals surface area (Å²) in [6.45, 7) is 1.05. The summed E-state index contributed by atoms with van der Waals surface area (Å²) in [6.07, 6.45) is 1.13. The molecule has 1 aliphatic carbocycles. The molecule has 7 rings (SSSR count). The minimum Gasteiger partial charge on any atom is -0.502 e. The summed E-state index contributed by atoms with van der Waals surface area (Å²) in [5.74, 6) is -0.173. The Bertz CT molecular complexity index is 1630. The number of thiophene rings is 1. The van der Waals surface area contributed by atoms with Gasteiger partial charge in [0.05, 0.1) is 26.4 Å². The van der Waals surface area contributed by atoms with Crippen molar-refractivity contribution in [2.24, 2.45) is 0 Å². The Morgan fingerprint density at radius 3 is 2.73 bits per heavy atom. The summed E-state index contributed by atoms with van der Waals surface area (Å²) >= 11 is 1.68. The van der Waals surface area contributed by atoms with E-state index in [9.17, 15) is 14.7 Å². The molecule has 0 radical (unpaired) electrons. The molecule has 0 spiro atoms. The lowest BCUT2D eigenvalue weighted by Crippen LogP contribution is -2.66. The van der Waals surface area contributed by atoms with Crippen LogP contribution in [0, 0.1) is 0 Å². The van der Waals surface area contributed by atoms with E-state index in [4.69, 9.17) is 9.47 Å². The molecule has 0 saturated carbocycles. The number of fused-ring (bicyclic) bond motifs is 7. The largest absolute Gasteiger partial charge is 0.502 e. The van der Waals surface area contributed by atoms with E-state index in [1.807, 2.05) is 24.3 Å². The molecular formula is C28H23N3O5S. The van der Waals surface area contributed by atoms with E-state index in [-0.39, 0.29) is 17.6 Å². The van der Waals surface area contributed by atoms with Crippen molar-refractivity contribution in [1.82, 2.24) is 9.58 Å². The predicted molar refractivity (Wildman–Crippen MR) is 140 cm³/mol. The van der Waals surface area contributed by atoms with Crippen molar-refractivity contribution in [3.05, 3.63) is 93.2 Å². The van der Waals surface area contributed by atoms with Crippen LogP contribution in [0.4, 0.5) is 0 Å². The molecule has 1 N–H and O–H groups in total. The number of amides is 1. The Morgan fingerprint density at radius 2 is 1.86 bits per heavy atom. The predicted octanol–water partition coefficient (Wildman–Crippen LogP) is 3.81. The second kappa shape index (κ2) is 8.22. The van der Waals surface area contributed by atoms with E-state index in [0.717, 1.165) is 38.4 Å². The van der Waals surface area contributed by atoms with E-state index in [1.165, 1.54) is 6.07 Å². The van der Waals surface area contributed by atoms with Gasteiger partial charge in [-0.3, -0.25) is 19.3 Å². The highest BCUT2D eigenvalue weighted by Crippen LogP contribution is 2.50. The van der Waals surface area contributed by atoms with Crippen molar-refractivity contribution in [1.29, 1.82) is 0 Å². The molecule has 1 fully saturated rings. The molecule has 2 aromatic carbocycles. The number of aromatic hydroxyl groups is 1. The van der Waals surface area contributed by atoms with Gasteiger partial charge in [-0.05, 0) is 45.8 Å². The number of benzene rings is 2. The number of hydrogen-bond acceptors (Lipinski definition) is 7. The van der Waals surface area contributed by atoms with Crippen molar-refractivity contribution in [2.45, 2.75) is 12.2 Å². The summed E-state index contributed by atoms with van der Waals surface area (Å²) in [5, 5.41) is 15.0. The maximum Gasteiger partial charge on any atom is 0.278 e. The smallest absolute Gasteiger partial charge is 0.278 e. The highest BCUT2D eigenvalue weighted by molar-refractivity contribution is 7.14. The van der Waals surface area contributed by atoms with Crippen molar-refractivity contribution in [3.63, 3.8) is 0 Å². The molecular weight excluding hydrogens is 490 g/mol. The van der Waals surface area contributed by atoms with Crippen LogP contribution < -0.4 is 15.2 Å². The molecule has 186 valence electrons. The van der Waals surface area contributed by atoms with Gasteiger partial charge in [-0.25, -0.2) is 0 Å². The number of methoxy groups -OCH3 is 1. The van der Waals surface area contributed by atoms with Crippen LogP contribution in [0.1, 0.15) is 27.7 Å². The number of carbonyl (C=O) groups is 1. The van der Waals surface area contributed by atoms with Crippen LogP contribution >= 0.6 is 11.3 Å². The van der Waals surface area contributed by atoms with Crippen molar-refractivity contribution < 1.29 is 19.4 Å². The van der Waals surface area contributed by atoms with Gasteiger partial charge in [0.25, 0.3) is 5.91 Å². The number of ether oxygens (including phenoxy) is 2. The third kappa shape index (κ3) is 3.11. The first-order chi connectivity index (χ1) is 18.1. The Morgan fingerprint density at radius 1 is 1.03 bits per heavy atom. The fourth-order valence-corrected chi connectivity index (χ4v) is 6.75. The van der Waals surface area contributed by atoms with E-state index in [0.29, 0.717) is 19.8 Å². The Labute approximate surface area is 216 Å². The zero-order chi connectivity index (χ0) is 25.3. The summed E-state index contributed by atoms with van der Waals surface area (Å²) in [6, 6.07) is 17.4. The van der Waals surface area contributed by atoms with Crippen LogP contribution in [0.15, 0.2) is 71.0 Å². The first-order valence-electron chi connectivity index (χ1n) is 12.1. The normalized spacial score (nSPS) is 19.8. The maximum atomic E-state index is 13.5. The molecule has 37 heavy (non-hydrogen) atoms. The highest BCUT2D eigenvalue weighted by atomic mass is 32.1. The Kier molecular flexibility index (Phi) is 4.92. The standard InChI is InChI=1S/C28H23N3O5S/c1-35-16-6-7-18-21(14-16)20-9-13-37-27(20)19-5-3-2-4-17(19)24(18)31-23-15-36-12-11-29(23)28(34)25-26(33)22(32)8-10-30(25)31/h2-10,13-14,23-24,33H,11-12,15H2,1H3/t23-,24+/m1/s1. The molecule has 3 aliphatic rings. The minimum absolute atomic E-state index is 0.0304. The Hall–Kier alpha value is -4.08. The zero-order valence-corrected chi connectivity index (χ0v) is 20.8. The average Bonchev–Trinajstić information content (AvgIpc) is 3.39. The number of pyridine rings is 1. The molecule has 1 saturated heterocycles. The SMILES string of the molecule is COc1ccc2c(c1)-c1ccsc1-c1ccccc1[C@@H]2N1[C@@H]2COCCN2C(=O)c2c(O)c(=O)ccn21. The molecule has 2 aliphatic heterocycles. The molecule has 2 atom stereocenters. The molecule has 8 nitrogen and oxygen atoms in total. The van der Waals surface area contributed by atoms with Gasteiger partial charge in [-0.2, -0.15) is 0 Å². The summed E-state index contributed by atoms with van der Waals surface area (Å²) < 4.78 is 13.1. The fourth-order valence-electron chi connectivity index (χ4n) is 5.79. The highest BCUT2D eigenvalue weighted by Gasteiger charge is 2.46. The molecule has 4 heterocycles. The van der Waals surface area contributed by atoms with Crippen LogP contribution in [0.25, 0.3) is 21.6 Å². The van der Waals surface area contributed by atoms with Gasteiger partial charge in [0.2, 0.25) is 5.43 Å². The second-order valence-electron chi connectivity index (χ2n) is 9.26. The summed E-state index contributed by atoms with van der Waals surface area (Å²) in [7, 11) is 1.65. The summed E-state index contributed by atoms with van der Waals surface area (Å²) in [4.78, 5) is 28.8. The van der Waals surface area contributed by atoms with Gasteiger partial charge < -0.3 is 19.5 Å². The van der Waals surface area contributed by atoms with E-state index in [2.05, 4.69) is 34.7 Å². The summed E-state index contributed by atoms with van der Waals surface area (Å²) in [5.41, 5.74) is 4.70. The lowest BCUT2D eigenvalue weighted by Gasteiger charge is -2.51. The van der Waals surface area contributed by atoms with Gasteiger partial charge in [0.1, 0.15) is 11.9 Å². The third-order valence-corrected chi connectivity index (χ3v) is 8.40.